The van der Waals surface area contributed by atoms with Gasteiger partial charge in [0.15, 0.2) is 0 Å². The molecule has 0 bridgehead atoms. The van der Waals surface area contributed by atoms with Crippen molar-refractivity contribution in [1.82, 2.24) is 19.7 Å². The zero-order valence-corrected chi connectivity index (χ0v) is 11.8. The summed E-state index contributed by atoms with van der Waals surface area (Å²) in [4.78, 5) is 28.8. The van der Waals surface area contributed by atoms with Crippen molar-refractivity contribution < 1.29 is 9.59 Å². The molecule has 0 saturated carbocycles. The molecule has 8 nitrogen and oxygen atoms in total. The second kappa shape index (κ2) is 6.04. The fourth-order valence-corrected chi connectivity index (χ4v) is 1.69. The highest BCUT2D eigenvalue weighted by molar-refractivity contribution is 5.95. The largest absolute Gasteiger partial charge is 0.367 e. The Kier molecular flexibility index (Phi) is 4.17. The average molecular weight is 288 g/mol. The van der Waals surface area contributed by atoms with Crippen LogP contribution in [0.5, 0.6) is 0 Å². The fraction of sp³-hybridized carbons (Fsp3) is 0.231. The van der Waals surface area contributed by atoms with Crippen LogP contribution in [0.1, 0.15) is 10.4 Å². The van der Waals surface area contributed by atoms with Gasteiger partial charge in [0.25, 0.3) is 5.91 Å². The highest BCUT2D eigenvalue weighted by Gasteiger charge is 2.09. The molecule has 0 unspecified atom stereocenters. The predicted octanol–water partition coefficient (Wildman–Crippen LogP) is 0.201. The minimum atomic E-state index is -0.258. The molecule has 1 aromatic heterocycles. The van der Waals surface area contributed by atoms with Gasteiger partial charge in [0.05, 0.1) is 0 Å². The van der Waals surface area contributed by atoms with E-state index in [9.17, 15) is 9.59 Å². The van der Waals surface area contributed by atoms with E-state index in [1.54, 1.807) is 38.4 Å². The van der Waals surface area contributed by atoms with Crippen LogP contribution in [-0.2, 0) is 11.3 Å². The highest BCUT2D eigenvalue weighted by Crippen LogP contribution is 2.11. The van der Waals surface area contributed by atoms with Crippen LogP contribution in [0, 0.1) is 0 Å². The van der Waals surface area contributed by atoms with Crippen LogP contribution in [0.3, 0.4) is 0 Å². The standard InChI is InChI=1S/C13H16N6O2/c1-18(2)12(21)9-3-5-10(6-4-9)16-11(20)7-19-8-15-13(14)17-19/h3-6,8H,7H2,1-2H3,(H2,14,17)(H,16,20). The lowest BCUT2D eigenvalue weighted by molar-refractivity contribution is -0.116. The summed E-state index contributed by atoms with van der Waals surface area (Å²) in [6.07, 6.45) is 1.38. The summed E-state index contributed by atoms with van der Waals surface area (Å²) in [6.45, 7) is 0.0164. The first-order chi connectivity index (χ1) is 9.95. The topological polar surface area (TPSA) is 106 Å². The Labute approximate surface area is 121 Å². The van der Waals surface area contributed by atoms with E-state index in [4.69, 9.17) is 5.73 Å². The summed E-state index contributed by atoms with van der Waals surface area (Å²) < 4.78 is 1.34. The number of nitrogens with zero attached hydrogens (tertiary/aromatic N) is 4. The number of nitrogen functional groups attached to an aromatic ring is 1. The van der Waals surface area contributed by atoms with Crippen molar-refractivity contribution >= 4 is 23.5 Å². The van der Waals surface area contributed by atoms with Crippen molar-refractivity contribution in [2.24, 2.45) is 0 Å². The van der Waals surface area contributed by atoms with E-state index >= 15 is 0 Å². The van der Waals surface area contributed by atoms with Gasteiger partial charge < -0.3 is 16.0 Å². The third kappa shape index (κ3) is 3.78. The molecule has 0 aliphatic carbocycles. The number of hydrogen-bond acceptors (Lipinski definition) is 5. The molecule has 0 fully saturated rings. The molecule has 0 spiro atoms. The predicted molar refractivity (Wildman–Crippen MR) is 77.5 cm³/mol. The van der Waals surface area contributed by atoms with E-state index in [1.807, 2.05) is 0 Å². The molecule has 2 amide bonds. The van der Waals surface area contributed by atoms with Gasteiger partial charge in [-0.1, -0.05) is 0 Å². The first kappa shape index (κ1) is 14.5. The van der Waals surface area contributed by atoms with Crippen molar-refractivity contribution in [3.05, 3.63) is 36.2 Å². The Morgan fingerprint density at radius 3 is 2.48 bits per heavy atom. The first-order valence-corrected chi connectivity index (χ1v) is 6.22. The number of amides is 2. The van der Waals surface area contributed by atoms with E-state index in [0.717, 1.165) is 0 Å². The summed E-state index contributed by atoms with van der Waals surface area (Å²) in [5, 5.41) is 6.52. The Bertz CT molecular complexity index is 647. The van der Waals surface area contributed by atoms with Gasteiger partial charge >= 0.3 is 0 Å². The van der Waals surface area contributed by atoms with Gasteiger partial charge in [-0.25, -0.2) is 9.67 Å². The molecule has 0 aliphatic rings. The maximum absolute atomic E-state index is 11.8. The molecule has 21 heavy (non-hydrogen) atoms. The normalized spacial score (nSPS) is 10.2. The summed E-state index contributed by atoms with van der Waals surface area (Å²) in [5.41, 5.74) is 6.52. The number of benzene rings is 1. The molecule has 1 heterocycles. The molecular weight excluding hydrogens is 272 g/mol. The fourth-order valence-electron chi connectivity index (χ4n) is 1.69. The smallest absolute Gasteiger partial charge is 0.253 e. The van der Waals surface area contributed by atoms with Gasteiger partial charge in [0.2, 0.25) is 11.9 Å². The Morgan fingerprint density at radius 1 is 1.29 bits per heavy atom. The zero-order valence-electron chi connectivity index (χ0n) is 11.8. The molecule has 1 aromatic carbocycles. The quantitative estimate of drug-likeness (QED) is 0.836. The van der Waals surface area contributed by atoms with Crippen LogP contribution >= 0.6 is 0 Å². The minimum absolute atomic E-state index is 0.0164. The van der Waals surface area contributed by atoms with Crippen LogP contribution in [0.2, 0.25) is 0 Å². The van der Waals surface area contributed by atoms with Crippen LogP contribution in [0.25, 0.3) is 0 Å². The molecule has 2 aromatic rings. The van der Waals surface area contributed by atoms with E-state index in [-0.39, 0.29) is 24.3 Å². The number of aromatic nitrogens is 3. The van der Waals surface area contributed by atoms with Gasteiger partial charge in [-0.15, -0.1) is 5.10 Å². The summed E-state index contributed by atoms with van der Waals surface area (Å²) >= 11 is 0. The number of rotatable bonds is 4. The number of anilines is 2. The number of nitrogens with two attached hydrogens (primary N) is 1. The molecule has 0 radical (unpaired) electrons. The Hall–Kier alpha value is -2.90. The lowest BCUT2D eigenvalue weighted by atomic mass is 10.2. The van der Waals surface area contributed by atoms with E-state index < -0.39 is 0 Å². The van der Waals surface area contributed by atoms with Crippen molar-refractivity contribution in [2.45, 2.75) is 6.54 Å². The lowest BCUT2D eigenvalue weighted by Crippen LogP contribution is -2.22. The molecule has 0 saturated heterocycles. The van der Waals surface area contributed by atoms with Gasteiger partial charge in [-0.2, -0.15) is 0 Å². The highest BCUT2D eigenvalue weighted by atomic mass is 16.2. The number of carbonyl (C=O) groups excluding carboxylic acids is 2. The van der Waals surface area contributed by atoms with Crippen LogP contribution in [0.4, 0.5) is 11.6 Å². The third-order valence-corrected chi connectivity index (χ3v) is 2.68. The minimum Gasteiger partial charge on any atom is -0.367 e. The number of nitrogens with one attached hydrogen (secondary N) is 1. The van der Waals surface area contributed by atoms with Gasteiger partial charge in [-0.05, 0) is 24.3 Å². The van der Waals surface area contributed by atoms with Crippen LogP contribution in [0.15, 0.2) is 30.6 Å². The summed E-state index contributed by atoms with van der Waals surface area (Å²) in [5.74, 6) is -0.230. The number of carbonyl (C=O) groups is 2. The van der Waals surface area contributed by atoms with Crippen molar-refractivity contribution in [1.29, 1.82) is 0 Å². The first-order valence-electron chi connectivity index (χ1n) is 6.22. The lowest BCUT2D eigenvalue weighted by Gasteiger charge is -2.11. The third-order valence-electron chi connectivity index (χ3n) is 2.68. The number of hydrogen-bond donors (Lipinski definition) is 2. The molecule has 110 valence electrons. The van der Waals surface area contributed by atoms with Gasteiger partial charge in [0.1, 0.15) is 12.9 Å². The molecule has 0 atom stereocenters. The van der Waals surface area contributed by atoms with E-state index in [2.05, 4.69) is 15.4 Å². The molecular formula is C13H16N6O2. The monoisotopic (exact) mass is 288 g/mol. The van der Waals surface area contributed by atoms with Crippen molar-refractivity contribution in [3.63, 3.8) is 0 Å². The Balaban J connectivity index is 1.97. The maximum atomic E-state index is 11.8. The van der Waals surface area contributed by atoms with Gasteiger partial charge in [0, 0.05) is 25.3 Å². The second-order valence-corrected chi connectivity index (χ2v) is 4.63. The molecule has 3 N–H and O–H groups in total. The van der Waals surface area contributed by atoms with Gasteiger partial charge in [-0.3, -0.25) is 9.59 Å². The average Bonchev–Trinajstić information content (AvgIpc) is 2.83. The summed E-state index contributed by atoms with van der Waals surface area (Å²) in [7, 11) is 3.36. The van der Waals surface area contributed by atoms with Crippen molar-refractivity contribution in [3.8, 4) is 0 Å². The van der Waals surface area contributed by atoms with Crippen molar-refractivity contribution in [2.75, 3.05) is 25.1 Å². The molecule has 0 aliphatic heterocycles. The SMILES string of the molecule is CN(C)C(=O)c1ccc(NC(=O)Cn2cnc(N)n2)cc1. The van der Waals surface area contributed by atoms with Crippen LogP contribution < -0.4 is 11.1 Å². The molecule has 2 rings (SSSR count). The van der Waals surface area contributed by atoms with Crippen LogP contribution in [-0.4, -0.2) is 45.6 Å². The van der Waals surface area contributed by atoms with E-state index in [1.165, 1.54) is 15.9 Å². The Morgan fingerprint density at radius 2 is 1.95 bits per heavy atom. The maximum Gasteiger partial charge on any atom is 0.253 e. The molecule has 8 heteroatoms. The van der Waals surface area contributed by atoms with E-state index in [0.29, 0.717) is 11.3 Å². The second-order valence-electron chi connectivity index (χ2n) is 4.63. The zero-order chi connectivity index (χ0) is 15.4. The summed E-state index contributed by atoms with van der Waals surface area (Å²) in [6, 6.07) is 6.66.